The van der Waals surface area contributed by atoms with E-state index in [2.05, 4.69) is 22.5 Å². The van der Waals surface area contributed by atoms with E-state index >= 15 is 0 Å². The van der Waals surface area contributed by atoms with E-state index in [9.17, 15) is 9.59 Å². The summed E-state index contributed by atoms with van der Waals surface area (Å²) in [5, 5.41) is 0.440. The predicted octanol–water partition coefficient (Wildman–Crippen LogP) is 5.91. The maximum absolute atomic E-state index is 13.7. The van der Waals surface area contributed by atoms with E-state index in [0.29, 0.717) is 41.9 Å². The topological polar surface area (TPSA) is 59.8 Å². The predicted molar refractivity (Wildman–Crippen MR) is 135 cm³/mol. The second-order valence-corrected chi connectivity index (χ2v) is 9.04. The summed E-state index contributed by atoms with van der Waals surface area (Å²) in [4.78, 5) is 29.0. The molecular formula is C28H22BrNO4. The summed E-state index contributed by atoms with van der Waals surface area (Å²) in [6.07, 6.45) is 2.33. The van der Waals surface area contributed by atoms with E-state index < -0.39 is 6.04 Å². The highest BCUT2D eigenvalue weighted by Gasteiger charge is 2.42. The molecule has 0 saturated carbocycles. The average molecular weight is 516 g/mol. The highest BCUT2D eigenvalue weighted by molar-refractivity contribution is 9.10. The fourth-order valence-corrected chi connectivity index (χ4v) is 4.75. The van der Waals surface area contributed by atoms with E-state index in [1.807, 2.05) is 54.6 Å². The van der Waals surface area contributed by atoms with Gasteiger partial charge in [-0.25, -0.2) is 0 Å². The number of hydrogen-bond donors (Lipinski definition) is 0. The van der Waals surface area contributed by atoms with E-state index in [-0.39, 0.29) is 17.1 Å². The van der Waals surface area contributed by atoms with E-state index in [0.717, 1.165) is 15.6 Å². The standard InChI is InChI=1S/C28H22BrNO4/c1-2-15-33-21-10-6-9-19(16-21)25-24-26(31)22-17-20(29)11-12-23(22)34-27(24)28(32)30(25)14-13-18-7-4-3-5-8-18/h2-12,16-17,25H,1,13-15H2. The number of amides is 1. The van der Waals surface area contributed by atoms with Crippen LogP contribution in [-0.2, 0) is 6.42 Å². The van der Waals surface area contributed by atoms with Gasteiger partial charge in [-0.3, -0.25) is 9.59 Å². The van der Waals surface area contributed by atoms with Crippen molar-refractivity contribution < 1.29 is 13.9 Å². The second kappa shape index (κ2) is 9.31. The Labute approximate surface area is 205 Å². The number of rotatable bonds is 7. The van der Waals surface area contributed by atoms with Crippen LogP contribution in [-0.4, -0.2) is 24.0 Å². The summed E-state index contributed by atoms with van der Waals surface area (Å²) in [5.74, 6) is 0.472. The summed E-state index contributed by atoms with van der Waals surface area (Å²) in [7, 11) is 0. The van der Waals surface area contributed by atoms with Gasteiger partial charge in [-0.15, -0.1) is 0 Å². The number of ether oxygens (including phenoxy) is 1. The zero-order chi connectivity index (χ0) is 23.7. The highest BCUT2D eigenvalue weighted by Crippen LogP contribution is 2.39. The van der Waals surface area contributed by atoms with Crippen LogP contribution in [0.15, 0.2) is 99.1 Å². The quantitative estimate of drug-likeness (QED) is 0.287. The summed E-state index contributed by atoms with van der Waals surface area (Å²) in [6, 6.07) is 22.1. The first-order valence-electron chi connectivity index (χ1n) is 11.0. The molecule has 1 amide bonds. The molecule has 34 heavy (non-hydrogen) atoms. The number of halogens is 1. The number of nitrogens with zero attached hydrogens (tertiary/aromatic N) is 1. The minimum atomic E-state index is -0.571. The molecule has 5 nitrogen and oxygen atoms in total. The smallest absolute Gasteiger partial charge is 0.290 e. The lowest BCUT2D eigenvalue weighted by Crippen LogP contribution is -2.31. The normalized spacial score (nSPS) is 14.9. The number of carbonyl (C=O) groups is 1. The van der Waals surface area contributed by atoms with Gasteiger partial charge in [0.15, 0.2) is 5.43 Å². The van der Waals surface area contributed by atoms with Gasteiger partial charge >= 0.3 is 0 Å². The van der Waals surface area contributed by atoms with Crippen molar-refractivity contribution in [1.29, 1.82) is 0 Å². The van der Waals surface area contributed by atoms with E-state index in [4.69, 9.17) is 9.15 Å². The number of carbonyl (C=O) groups excluding carboxylic acids is 1. The minimum absolute atomic E-state index is 0.107. The van der Waals surface area contributed by atoms with Crippen molar-refractivity contribution >= 4 is 32.8 Å². The Morgan fingerprint density at radius 3 is 2.65 bits per heavy atom. The maximum Gasteiger partial charge on any atom is 0.290 e. The molecule has 1 aliphatic heterocycles. The maximum atomic E-state index is 13.7. The first kappa shape index (κ1) is 22.2. The van der Waals surface area contributed by atoms with Gasteiger partial charge < -0.3 is 14.1 Å². The molecule has 1 atom stereocenters. The highest BCUT2D eigenvalue weighted by atomic mass is 79.9. The third kappa shape index (κ3) is 4.05. The second-order valence-electron chi connectivity index (χ2n) is 8.12. The van der Waals surface area contributed by atoms with Gasteiger partial charge in [0.05, 0.1) is 17.0 Å². The zero-order valence-electron chi connectivity index (χ0n) is 18.4. The van der Waals surface area contributed by atoms with Crippen molar-refractivity contribution in [1.82, 2.24) is 4.90 Å². The summed E-state index contributed by atoms with van der Waals surface area (Å²) >= 11 is 3.43. The molecule has 0 radical (unpaired) electrons. The van der Waals surface area contributed by atoms with Crippen LogP contribution in [0.2, 0.25) is 0 Å². The van der Waals surface area contributed by atoms with Crippen molar-refractivity contribution in [2.75, 3.05) is 13.2 Å². The van der Waals surface area contributed by atoms with Crippen LogP contribution in [0.3, 0.4) is 0 Å². The molecule has 0 bridgehead atoms. The molecule has 0 N–H and O–H groups in total. The molecule has 6 heteroatoms. The Bertz CT molecular complexity index is 1440. The van der Waals surface area contributed by atoms with Crippen molar-refractivity contribution in [3.05, 3.63) is 123 Å². The van der Waals surface area contributed by atoms with Gasteiger partial charge in [-0.05, 0) is 47.9 Å². The molecule has 0 spiro atoms. The summed E-state index contributed by atoms with van der Waals surface area (Å²) in [5.41, 5.74) is 2.47. The molecule has 170 valence electrons. The van der Waals surface area contributed by atoms with Crippen LogP contribution >= 0.6 is 15.9 Å². The molecule has 1 aromatic heterocycles. The fourth-order valence-electron chi connectivity index (χ4n) is 4.39. The molecule has 5 rings (SSSR count). The molecule has 1 aliphatic rings. The average Bonchev–Trinajstić information content (AvgIpc) is 3.14. The Morgan fingerprint density at radius 1 is 1.03 bits per heavy atom. The third-order valence-electron chi connectivity index (χ3n) is 5.95. The largest absolute Gasteiger partial charge is 0.490 e. The Balaban J connectivity index is 1.64. The van der Waals surface area contributed by atoms with Crippen LogP contribution in [0.4, 0.5) is 0 Å². The van der Waals surface area contributed by atoms with Crippen LogP contribution in [0, 0.1) is 0 Å². The van der Waals surface area contributed by atoms with Crippen molar-refractivity contribution in [2.45, 2.75) is 12.5 Å². The van der Waals surface area contributed by atoms with Crippen molar-refractivity contribution in [2.24, 2.45) is 0 Å². The number of fused-ring (bicyclic) bond motifs is 2. The van der Waals surface area contributed by atoms with Crippen LogP contribution in [0.5, 0.6) is 5.75 Å². The number of hydrogen-bond acceptors (Lipinski definition) is 4. The fraction of sp³-hybridized carbons (Fsp3) is 0.143. The third-order valence-corrected chi connectivity index (χ3v) is 6.45. The van der Waals surface area contributed by atoms with Crippen LogP contribution in [0.1, 0.15) is 33.3 Å². The van der Waals surface area contributed by atoms with Gasteiger partial charge in [-0.1, -0.05) is 71.0 Å². The molecule has 0 aliphatic carbocycles. The SMILES string of the molecule is C=CCOc1cccc(C2c3c(oc4ccc(Br)cc4c3=O)C(=O)N2CCc2ccccc2)c1. The number of benzene rings is 3. The lowest BCUT2D eigenvalue weighted by atomic mass is 9.98. The van der Waals surface area contributed by atoms with E-state index in [1.54, 1.807) is 29.2 Å². The molecule has 0 fully saturated rings. The van der Waals surface area contributed by atoms with Crippen molar-refractivity contribution in [3.63, 3.8) is 0 Å². The van der Waals surface area contributed by atoms with Gasteiger partial charge in [-0.2, -0.15) is 0 Å². The first-order valence-corrected chi connectivity index (χ1v) is 11.8. The molecule has 2 heterocycles. The Hall–Kier alpha value is -3.64. The summed E-state index contributed by atoms with van der Waals surface area (Å²) < 4.78 is 12.5. The Kier molecular flexibility index (Phi) is 6.07. The van der Waals surface area contributed by atoms with Gasteiger partial charge in [0.25, 0.3) is 5.91 Å². The zero-order valence-corrected chi connectivity index (χ0v) is 20.0. The minimum Gasteiger partial charge on any atom is -0.490 e. The van der Waals surface area contributed by atoms with Crippen molar-refractivity contribution in [3.8, 4) is 5.75 Å². The lowest BCUT2D eigenvalue weighted by Gasteiger charge is -2.25. The molecular weight excluding hydrogens is 494 g/mol. The molecule has 1 unspecified atom stereocenters. The van der Waals surface area contributed by atoms with Gasteiger partial charge in [0.2, 0.25) is 5.76 Å². The molecule has 4 aromatic rings. The first-order chi connectivity index (χ1) is 16.6. The molecule has 3 aromatic carbocycles. The summed E-state index contributed by atoms with van der Waals surface area (Å²) in [6.45, 7) is 4.50. The van der Waals surface area contributed by atoms with Gasteiger partial charge in [0, 0.05) is 11.0 Å². The Morgan fingerprint density at radius 2 is 1.85 bits per heavy atom. The lowest BCUT2D eigenvalue weighted by molar-refractivity contribution is 0.0730. The molecule has 0 saturated heterocycles. The van der Waals surface area contributed by atoms with Crippen LogP contribution < -0.4 is 10.2 Å². The van der Waals surface area contributed by atoms with Crippen LogP contribution in [0.25, 0.3) is 11.0 Å². The monoisotopic (exact) mass is 515 g/mol. The van der Waals surface area contributed by atoms with Gasteiger partial charge in [0.1, 0.15) is 17.9 Å². The van der Waals surface area contributed by atoms with E-state index in [1.165, 1.54) is 0 Å².